The highest BCUT2D eigenvalue weighted by Crippen LogP contribution is 2.31. The molecule has 3 aromatic heterocycles. The summed E-state index contributed by atoms with van der Waals surface area (Å²) in [6.45, 7) is 5.24. The van der Waals surface area contributed by atoms with E-state index in [2.05, 4.69) is 30.0 Å². The Balaban J connectivity index is 1.68. The Morgan fingerprint density at radius 1 is 1.20 bits per heavy atom. The molecule has 0 unspecified atom stereocenters. The predicted octanol–water partition coefficient (Wildman–Crippen LogP) is 1.24. The lowest BCUT2D eigenvalue weighted by Gasteiger charge is -2.33. The Morgan fingerprint density at radius 3 is 2.80 bits per heavy atom. The predicted molar refractivity (Wildman–Crippen MR) is 90.2 cm³/mol. The van der Waals surface area contributed by atoms with Gasteiger partial charge in [0.15, 0.2) is 23.0 Å². The van der Waals surface area contributed by atoms with Crippen molar-refractivity contribution in [3.8, 4) is 0 Å². The topological polar surface area (TPSA) is 106 Å². The summed E-state index contributed by atoms with van der Waals surface area (Å²) in [4.78, 5) is 15.6. The number of aliphatic hydroxyl groups is 1. The molecule has 9 heteroatoms. The summed E-state index contributed by atoms with van der Waals surface area (Å²) in [5, 5.41) is 17.7. The summed E-state index contributed by atoms with van der Waals surface area (Å²) < 4.78 is 7.47. The van der Waals surface area contributed by atoms with Crippen LogP contribution < -0.4 is 4.90 Å². The van der Waals surface area contributed by atoms with Crippen molar-refractivity contribution in [1.29, 1.82) is 0 Å². The lowest BCUT2D eigenvalue weighted by molar-refractivity contribution is 0.266. The molecule has 0 aromatic carbocycles. The first-order chi connectivity index (χ1) is 12.1. The van der Waals surface area contributed by atoms with Gasteiger partial charge in [-0.25, -0.2) is 9.97 Å². The molecule has 1 saturated heterocycles. The fourth-order valence-electron chi connectivity index (χ4n) is 3.49. The van der Waals surface area contributed by atoms with Crippen LogP contribution in [0, 0.1) is 13.8 Å². The summed E-state index contributed by atoms with van der Waals surface area (Å²) in [5.74, 6) is 3.78. The lowest BCUT2D eigenvalue weighted by atomic mass is 9.97. The zero-order valence-electron chi connectivity index (χ0n) is 14.6. The maximum atomic E-state index is 9.34. The number of oxazole rings is 1. The maximum Gasteiger partial charge on any atom is 0.252 e. The quantitative estimate of drug-likeness (QED) is 0.757. The molecule has 0 aliphatic carbocycles. The molecule has 1 N–H and O–H groups in total. The zero-order valence-corrected chi connectivity index (χ0v) is 14.6. The van der Waals surface area contributed by atoms with Gasteiger partial charge in [-0.05, 0) is 19.8 Å². The molecule has 1 fully saturated rings. The second-order valence-electron chi connectivity index (χ2n) is 6.46. The minimum atomic E-state index is -0.107. The number of rotatable bonds is 3. The van der Waals surface area contributed by atoms with Crippen molar-refractivity contribution in [3.63, 3.8) is 0 Å². The van der Waals surface area contributed by atoms with Crippen LogP contribution >= 0.6 is 0 Å². The van der Waals surface area contributed by atoms with Crippen LogP contribution in [0.4, 0.5) is 5.82 Å². The standard InChI is InChI=1S/C16H21N7O2/c1-9-17-15(13-16(18-9)25-10(2)19-13)23-6-4-5-11(7-23)14-21-20-12(8-24)22(14)3/h11,24H,4-8H2,1-3H3/t11-/m0/s1. The first-order valence-electron chi connectivity index (χ1n) is 8.42. The van der Waals surface area contributed by atoms with E-state index in [0.717, 1.165) is 37.6 Å². The van der Waals surface area contributed by atoms with Gasteiger partial charge in [0.05, 0.1) is 0 Å². The highest BCUT2D eigenvalue weighted by molar-refractivity contribution is 5.82. The molecule has 0 bridgehead atoms. The summed E-state index contributed by atoms with van der Waals surface area (Å²) in [6.07, 6.45) is 2.05. The van der Waals surface area contributed by atoms with Crippen molar-refractivity contribution in [2.75, 3.05) is 18.0 Å². The second-order valence-corrected chi connectivity index (χ2v) is 6.46. The van der Waals surface area contributed by atoms with E-state index in [9.17, 15) is 5.11 Å². The molecule has 0 saturated carbocycles. The van der Waals surface area contributed by atoms with Crippen LogP contribution in [-0.2, 0) is 13.7 Å². The van der Waals surface area contributed by atoms with E-state index < -0.39 is 0 Å². The fraction of sp³-hybridized carbons (Fsp3) is 0.562. The molecular formula is C16H21N7O2. The largest absolute Gasteiger partial charge is 0.422 e. The minimum Gasteiger partial charge on any atom is -0.422 e. The summed E-state index contributed by atoms with van der Waals surface area (Å²) >= 11 is 0. The van der Waals surface area contributed by atoms with Crippen LogP contribution in [0.5, 0.6) is 0 Å². The Bertz CT molecular complexity index is 917. The maximum absolute atomic E-state index is 9.34. The Morgan fingerprint density at radius 2 is 2.04 bits per heavy atom. The average molecular weight is 343 g/mol. The van der Waals surface area contributed by atoms with Crippen molar-refractivity contribution in [1.82, 2.24) is 29.7 Å². The number of piperidine rings is 1. The summed E-state index contributed by atoms with van der Waals surface area (Å²) in [5.41, 5.74) is 1.24. The van der Waals surface area contributed by atoms with Gasteiger partial charge in [-0.1, -0.05) is 0 Å². The van der Waals surface area contributed by atoms with Gasteiger partial charge >= 0.3 is 0 Å². The van der Waals surface area contributed by atoms with Crippen molar-refractivity contribution >= 4 is 17.0 Å². The molecule has 1 aliphatic rings. The highest BCUT2D eigenvalue weighted by Gasteiger charge is 2.28. The van der Waals surface area contributed by atoms with E-state index in [-0.39, 0.29) is 12.5 Å². The molecular weight excluding hydrogens is 322 g/mol. The Hall–Kier alpha value is -2.55. The molecule has 9 nitrogen and oxygen atoms in total. The Labute approximate surface area is 144 Å². The zero-order chi connectivity index (χ0) is 17.6. The van der Waals surface area contributed by atoms with Crippen LogP contribution in [0.2, 0.25) is 0 Å². The van der Waals surface area contributed by atoms with Crippen LogP contribution in [0.25, 0.3) is 11.2 Å². The van der Waals surface area contributed by atoms with Gasteiger partial charge in [-0.3, -0.25) is 0 Å². The summed E-state index contributed by atoms with van der Waals surface area (Å²) in [7, 11) is 1.90. The molecule has 4 heterocycles. The van der Waals surface area contributed by atoms with E-state index in [1.165, 1.54) is 0 Å². The molecule has 0 amide bonds. The van der Waals surface area contributed by atoms with E-state index >= 15 is 0 Å². The monoisotopic (exact) mass is 343 g/mol. The highest BCUT2D eigenvalue weighted by atomic mass is 16.4. The van der Waals surface area contributed by atoms with E-state index in [0.29, 0.717) is 28.8 Å². The van der Waals surface area contributed by atoms with Crippen molar-refractivity contribution < 1.29 is 9.52 Å². The molecule has 3 aromatic rings. The van der Waals surface area contributed by atoms with Gasteiger partial charge in [-0.2, -0.15) is 4.98 Å². The molecule has 0 radical (unpaired) electrons. The average Bonchev–Trinajstić information content (AvgIpc) is 3.15. The smallest absolute Gasteiger partial charge is 0.252 e. The number of nitrogens with zero attached hydrogens (tertiary/aromatic N) is 7. The van der Waals surface area contributed by atoms with Crippen LogP contribution in [0.1, 0.15) is 42.1 Å². The van der Waals surface area contributed by atoms with E-state index in [1.807, 2.05) is 25.5 Å². The lowest BCUT2D eigenvalue weighted by Crippen LogP contribution is -2.36. The first kappa shape index (κ1) is 15.9. The van der Waals surface area contributed by atoms with Gasteiger partial charge in [0.1, 0.15) is 18.3 Å². The normalized spacial score (nSPS) is 18.2. The SMILES string of the molecule is Cc1nc(N2CCC[C@H](c3nnc(CO)n3C)C2)c2nc(C)oc2n1. The van der Waals surface area contributed by atoms with Crippen LogP contribution in [0.3, 0.4) is 0 Å². The number of aromatic nitrogens is 6. The fourth-order valence-corrected chi connectivity index (χ4v) is 3.49. The number of hydrogen-bond donors (Lipinski definition) is 1. The molecule has 1 atom stereocenters. The molecule has 25 heavy (non-hydrogen) atoms. The molecule has 0 spiro atoms. The third-order valence-electron chi connectivity index (χ3n) is 4.69. The Kier molecular flexibility index (Phi) is 3.87. The third kappa shape index (κ3) is 2.74. The number of aryl methyl sites for hydroxylation is 2. The van der Waals surface area contributed by atoms with E-state index in [4.69, 9.17) is 4.42 Å². The minimum absolute atomic E-state index is 0.107. The number of aliphatic hydroxyl groups excluding tert-OH is 1. The number of hydrogen-bond acceptors (Lipinski definition) is 8. The van der Waals surface area contributed by atoms with Gasteiger partial charge in [0.25, 0.3) is 5.71 Å². The van der Waals surface area contributed by atoms with Gasteiger partial charge in [-0.15, -0.1) is 10.2 Å². The molecule has 132 valence electrons. The first-order valence-corrected chi connectivity index (χ1v) is 8.42. The number of fused-ring (bicyclic) bond motifs is 1. The third-order valence-corrected chi connectivity index (χ3v) is 4.69. The van der Waals surface area contributed by atoms with Gasteiger partial charge < -0.3 is 19.0 Å². The van der Waals surface area contributed by atoms with Crippen LogP contribution in [-0.4, -0.2) is 47.9 Å². The summed E-state index contributed by atoms with van der Waals surface area (Å²) in [6, 6.07) is 0. The molecule has 1 aliphatic heterocycles. The van der Waals surface area contributed by atoms with Gasteiger partial charge in [0, 0.05) is 33.0 Å². The van der Waals surface area contributed by atoms with E-state index in [1.54, 1.807) is 0 Å². The van der Waals surface area contributed by atoms with Crippen molar-refractivity contribution in [2.45, 2.75) is 39.2 Å². The van der Waals surface area contributed by atoms with Crippen LogP contribution in [0.15, 0.2) is 4.42 Å². The van der Waals surface area contributed by atoms with Crippen molar-refractivity contribution in [2.24, 2.45) is 7.05 Å². The van der Waals surface area contributed by atoms with Crippen molar-refractivity contribution in [3.05, 3.63) is 23.4 Å². The molecule has 4 rings (SSSR count). The van der Waals surface area contributed by atoms with Gasteiger partial charge in [0.2, 0.25) is 0 Å². The number of anilines is 1. The second kappa shape index (κ2) is 6.07.